The normalized spacial score (nSPS) is 10.7. The minimum Gasteiger partial charge on any atom is -0.347 e. The molecule has 3 aromatic rings. The van der Waals surface area contributed by atoms with Crippen LogP contribution >= 0.6 is 0 Å². The Kier molecular flexibility index (Phi) is 5.81. The molecular weight excluding hydrogens is 336 g/mol. The summed E-state index contributed by atoms with van der Waals surface area (Å²) in [6.45, 7) is 6.79. The van der Waals surface area contributed by atoms with Crippen LogP contribution in [-0.2, 0) is 6.54 Å². The molecule has 0 spiro atoms. The highest BCUT2D eigenvalue weighted by atomic mass is 16.1. The van der Waals surface area contributed by atoms with Crippen molar-refractivity contribution in [2.75, 3.05) is 5.32 Å². The van der Waals surface area contributed by atoms with E-state index in [1.165, 1.54) is 17.3 Å². The highest BCUT2D eigenvalue weighted by Crippen LogP contribution is 2.25. The van der Waals surface area contributed by atoms with Gasteiger partial charge in [0.25, 0.3) is 5.91 Å². The number of hydrogen-bond donors (Lipinski definition) is 2. The summed E-state index contributed by atoms with van der Waals surface area (Å²) >= 11 is 0. The standard InChI is InChI=1S/C22H24N4O/c1-15(2)18-6-4-5-7-19(18)26-21-14-23-20(13-24-21)22(27)25-12-17-10-8-16(3)9-11-17/h4-11,13-15H,12H2,1-3H3,(H,24,26)(H,25,27). The van der Waals surface area contributed by atoms with Crippen molar-refractivity contribution in [2.24, 2.45) is 0 Å². The van der Waals surface area contributed by atoms with Gasteiger partial charge in [0.15, 0.2) is 0 Å². The van der Waals surface area contributed by atoms with Crippen molar-refractivity contribution >= 4 is 17.4 Å². The number of aryl methyl sites for hydroxylation is 1. The summed E-state index contributed by atoms with van der Waals surface area (Å²) in [6.07, 6.45) is 3.07. The lowest BCUT2D eigenvalue weighted by molar-refractivity contribution is 0.0945. The number of rotatable bonds is 6. The SMILES string of the molecule is Cc1ccc(CNC(=O)c2cnc(Nc3ccccc3C(C)C)cn2)cc1. The maximum Gasteiger partial charge on any atom is 0.271 e. The van der Waals surface area contributed by atoms with E-state index in [9.17, 15) is 4.79 Å². The fourth-order valence-corrected chi connectivity index (χ4v) is 2.74. The van der Waals surface area contributed by atoms with E-state index in [1.807, 2.05) is 49.4 Å². The third kappa shape index (κ3) is 4.91. The van der Waals surface area contributed by atoms with Crippen LogP contribution < -0.4 is 10.6 Å². The predicted molar refractivity (Wildman–Crippen MR) is 108 cm³/mol. The second kappa shape index (κ2) is 8.45. The zero-order valence-corrected chi connectivity index (χ0v) is 15.9. The number of hydrogen-bond acceptors (Lipinski definition) is 4. The van der Waals surface area contributed by atoms with Crippen LogP contribution in [-0.4, -0.2) is 15.9 Å². The molecule has 0 atom stereocenters. The zero-order chi connectivity index (χ0) is 19.2. The number of para-hydroxylation sites is 1. The maximum absolute atomic E-state index is 12.3. The van der Waals surface area contributed by atoms with Crippen LogP contribution in [0.2, 0.25) is 0 Å². The summed E-state index contributed by atoms with van der Waals surface area (Å²) in [5, 5.41) is 6.14. The first kappa shape index (κ1) is 18.6. The third-order valence-electron chi connectivity index (χ3n) is 4.30. The Balaban J connectivity index is 1.63. The second-order valence-electron chi connectivity index (χ2n) is 6.82. The minimum absolute atomic E-state index is 0.239. The van der Waals surface area contributed by atoms with Crippen molar-refractivity contribution in [1.29, 1.82) is 0 Å². The molecule has 0 bridgehead atoms. The Labute approximate surface area is 159 Å². The molecule has 5 heteroatoms. The van der Waals surface area contributed by atoms with E-state index in [1.54, 1.807) is 6.20 Å². The van der Waals surface area contributed by atoms with Crippen molar-refractivity contribution < 1.29 is 4.79 Å². The number of anilines is 2. The zero-order valence-electron chi connectivity index (χ0n) is 15.9. The molecule has 0 unspecified atom stereocenters. The molecule has 0 radical (unpaired) electrons. The quantitative estimate of drug-likeness (QED) is 0.675. The van der Waals surface area contributed by atoms with Crippen LogP contribution in [0.3, 0.4) is 0 Å². The molecule has 0 saturated heterocycles. The molecule has 0 aliphatic heterocycles. The van der Waals surface area contributed by atoms with E-state index in [2.05, 4.69) is 40.5 Å². The Morgan fingerprint density at radius 2 is 1.74 bits per heavy atom. The summed E-state index contributed by atoms with van der Waals surface area (Å²) in [4.78, 5) is 20.8. The van der Waals surface area contributed by atoms with E-state index in [4.69, 9.17) is 0 Å². The number of aromatic nitrogens is 2. The van der Waals surface area contributed by atoms with Gasteiger partial charge in [0.05, 0.1) is 12.4 Å². The van der Waals surface area contributed by atoms with E-state index in [0.717, 1.165) is 11.3 Å². The summed E-state index contributed by atoms with van der Waals surface area (Å²) < 4.78 is 0. The Morgan fingerprint density at radius 1 is 1.00 bits per heavy atom. The van der Waals surface area contributed by atoms with Crippen LogP contribution in [0.4, 0.5) is 11.5 Å². The number of benzene rings is 2. The molecule has 1 amide bonds. The van der Waals surface area contributed by atoms with Gasteiger partial charge in [-0.05, 0) is 30.0 Å². The molecule has 5 nitrogen and oxygen atoms in total. The van der Waals surface area contributed by atoms with E-state index < -0.39 is 0 Å². The number of carbonyl (C=O) groups excluding carboxylic acids is 1. The first-order valence-corrected chi connectivity index (χ1v) is 9.04. The van der Waals surface area contributed by atoms with Crippen molar-refractivity contribution in [1.82, 2.24) is 15.3 Å². The first-order valence-electron chi connectivity index (χ1n) is 9.04. The first-order chi connectivity index (χ1) is 13.0. The molecular formula is C22H24N4O. The van der Waals surface area contributed by atoms with E-state index in [-0.39, 0.29) is 5.91 Å². The molecule has 1 heterocycles. The van der Waals surface area contributed by atoms with Gasteiger partial charge < -0.3 is 10.6 Å². The number of nitrogens with one attached hydrogen (secondary N) is 2. The molecule has 0 saturated carbocycles. The lowest BCUT2D eigenvalue weighted by Crippen LogP contribution is -2.24. The molecule has 2 N–H and O–H groups in total. The van der Waals surface area contributed by atoms with Gasteiger partial charge in [0.2, 0.25) is 0 Å². The molecule has 138 valence electrons. The number of carbonyl (C=O) groups is 1. The van der Waals surface area contributed by atoms with Crippen LogP contribution in [0, 0.1) is 6.92 Å². The minimum atomic E-state index is -0.239. The van der Waals surface area contributed by atoms with E-state index >= 15 is 0 Å². The van der Waals surface area contributed by atoms with Gasteiger partial charge in [-0.2, -0.15) is 0 Å². The molecule has 0 fully saturated rings. The summed E-state index contributed by atoms with van der Waals surface area (Å²) in [5.74, 6) is 0.767. The summed E-state index contributed by atoms with van der Waals surface area (Å²) in [7, 11) is 0. The van der Waals surface area contributed by atoms with Crippen LogP contribution in [0.25, 0.3) is 0 Å². The van der Waals surface area contributed by atoms with Gasteiger partial charge in [-0.1, -0.05) is 61.9 Å². The lowest BCUT2D eigenvalue weighted by Gasteiger charge is -2.14. The largest absolute Gasteiger partial charge is 0.347 e. The number of amides is 1. The third-order valence-corrected chi connectivity index (χ3v) is 4.30. The fourth-order valence-electron chi connectivity index (χ4n) is 2.74. The van der Waals surface area contributed by atoms with Gasteiger partial charge in [-0.15, -0.1) is 0 Å². The van der Waals surface area contributed by atoms with Gasteiger partial charge in [0.1, 0.15) is 11.5 Å². The molecule has 2 aromatic carbocycles. The molecule has 1 aromatic heterocycles. The highest BCUT2D eigenvalue weighted by Gasteiger charge is 2.10. The van der Waals surface area contributed by atoms with Crippen molar-refractivity contribution in [3.8, 4) is 0 Å². The smallest absolute Gasteiger partial charge is 0.271 e. The highest BCUT2D eigenvalue weighted by molar-refractivity contribution is 5.92. The van der Waals surface area contributed by atoms with Gasteiger partial charge in [0, 0.05) is 12.2 Å². The maximum atomic E-state index is 12.3. The molecule has 0 aliphatic rings. The molecule has 0 aliphatic carbocycles. The van der Waals surface area contributed by atoms with Gasteiger partial charge >= 0.3 is 0 Å². The van der Waals surface area contributed by atoms with Gasteiger partial charge in [-0.25, -0.2) is 9.97 Å². The second-order valence-corrected chi connectivity index (χ2v) is 6.82. The topological polar surface area (TPSA) is 66.9 Å². The van der Waals surface area contributed by atoms with Crippen LogP contribution in [0.15, 0.2) is 60.9 Å². The monoisotopic (exact) mass is 360 g/mol. The number of nitrogens with zero attached hydrogens (tertiary/aromatic N) is 2. The Morgan fingerprint density at radius 3 is 2.41 bits per heavy atom. The van der Waals surface area contributed by atoms with Crippen molar-refractivity contribution in [3.63, 3.8) is 0 Å². The van der Waals surface area contributed by atoms with Crippen molar-refractivity contribution in [3.05, 3.63) is 83.3 Å². The average Bonchev–Trinajstić information content (AvgIpc) is 2.68. The van der Waals surface area contributed by atoms with Crippen molar-refractivity contribution in [2.45, 2.75) is 33.2 Å². The lowest BCUT2D eigenvalue weighted by atomic mass is 10.0. The molecule has 27 heavy (non-hydrogen) atoms. The Bertz CT molecular complexity index is 902. The van der Waals surface area contributed by atoms with Gasteiger partial charge in [-0.3, -0.25) is 4.79 Å². The fraction of sp³-hybridized carbons (Fsp3) is 0.227. The summed E-state index contributed by atoms with van der Waals surface area (Å²) in [6, 6.07) is 16.2. The predicted octanol–water partition coefficient (Wildman–Crippen LogP) is 4.58. The Hall–Kier alpha value is -3.21. The van der Waals surface area contributed by atoms with Crippen LogP contribution in [0.1, 0.15) is 46.9 Å². The summed E-state index contributed by atoms with van der Waals surface area (Å²) in [5.41, 5.74) is 4.74. The molecule has 3 rings (SSSR count). The van der Waals surface area contributed by atoms with Crippen LogP contribution in [0.5, 0.6) is 0 Å². The average molecular weight is 360 g/mol. The van der Waals surface area contributed by atoms with E-state index in [0.29, 0.717) is 24.0 Å².